The Hall–Kier alpha value is -3.40. The van der Waals surface area contributed by atoms with Crippen molar-refractivity contribution in [3.8, 4) is 17.4 Å². The zero-order chi connectivity index (χ0) is 22.2. The molecule has 166 valence electrons. The van der Waals surface area contributed by atoms with Crippen LogP contribution < -0.4 is 4.74 Å². The topological polar surface area (TPSA) is 86.8 Å². The molecule has 0 radical (unpaired) electrons. The van der Waals surface area contributed by atoms with Crippen LogP contribution in [0, 0.1) is 12.7 Å². The van der Waals surface area contributed by atoms with E-state index in [1.54, 1.807) is 6.20 Å². The molecule has 4 aromatic rings. The van der Waals surface area contributed by atoms with Crippen LogP contribution in [0.15, 0.2) is 30.9 Å². The number of rotatable bonds is 6. The number of halogens is 1. The Bertz CT molecular complexity index is 1270. The summed E-state index contributed by atoms with van der Waals surface area (Å²) in [5.74, 6) is 0.156. The molecule has 10 heteroatoms. The number of nitrogens with zero attached hydrogens (tertiary/aromatic N) is 8. The third kappa shape index (κ3) is 3.81. The van der Waals surface area contributed by atoms with Crippen molar-refractivity contribution in [2.75, 3.05) is 26.7 Å². The number of likely N-dealkylation sites (N-methyl/N-ethyl adjacent to an activating group) is 1. The summed E-state index contributed by atoms with van der Waals surface area (Å²) in [6.45, 7) is 6.75. The largest absolute Gasteiger partial charge is 0.464 e. The number of pyridine rings is 1. The van der Waals surface area contributed by atoms with Crippen LogP contribution in [0.1, 0.15) is 30.6 Å². The monoisotopic (exact) mass is 436 g/mol. The molecule has 1 saturated heterocycles. The van der Waals surface area contributed by atoms with Gasteiger partial charge in [0.05, 0.1) is 37.3 Å². The van der Waals surface area contributed by atoms with E-state index >= 15 is 0 Å². The van der Waals surface area contributed by atoms with Crippen LogP contribution in [0.25, 0.3) is 22.6 Å². The minimum absolute atomic E-state index is 0.298. The molecule has 32 heavy (non-hydrogen) atoms. The zero-order valence-corrected chi connectivity index (χ0v) is 18.4. The highest BCUT2D eigenvalue weighted by molar-refractivity contribution is 5.79. The van der Waals surface area contributed by atoms with E-state index in [-0.39, 0.29) is 0 Å². The molecular weight excluding hydrogens is 411 g/mol. The Morgan fingerprint density at radius 2 is 2.06 bits per heavy atom. The van der Waals surface area contributed by atoms with E-state index in [0.29, 0.717) is 53.4 Å². The second-order valence-corrected chi connectivity index (χ2v) is 8.14. The number of ether oxygens (including phenoxy) is 1. The number of fused-ring (bicyclic) bond motifs is 1. The van der Waals surface area contributed by atoms with Gasteiger partial charge in [-0.15, -0.1) is 0 Å². The van der Waals surface area contributed by atoms with Crippen molar-refractivity contribution in [1.29, 1.82) is 0 Å². The van der Waals surface area contributed by atoms with Crippen LogP contribution in [-0.4, -0.2) is 65.9 Å². The highest BCUT2D eigenvalue weighted by Crippen LogP contribution is 2.28. The van der Waals surface area contributed by atoms with Crippen LogP contribution in [0.3, 0.4) is 0 Å². The Morgan fingerprint density at radius 3 is 2.81 bits per heavy atom. The van der Waals surface area contributed by atoms with Crippen molar-refractivity contribution in [1.82, 2.24) is 39.2 Å². The molecule has 5 heterocycles. The molecule has 1 aliphatic rings. The van der Waals surface area contributed by atoms with Gasteiger partial charge < -0.3 is 14.2 Å². The van der Waals surface area contributed by atoms with Gasteiger partial charge in [-0.25, -0.2) is 9.37 Å². The molecule has 1 unspecified atom stereocenters. The van der Waals surface area contributed by atoms with Gasteiger partial charge in [0.15, 0.2) is 5.65 Å². The van der Waals surface area contributed by atoms with E-state index < -0.39 is 5.82 Å². The lowest BCUT2D eigenvalue weighted by Gasteiger charge is -2.11. The second kappa shape index (κ2) is 8.27. The van der Waals surface area contributed by atoms with E-state index in [9.17, 15) is 4.39 Å². The van der Waals surface area contributed by atoms with Crippen molar-refractivity contribution < 1.29 is 9.13 Å². The second-order valence-electron chi connectivity index (χ2n) is 8.14. The molecule has 0 spiro atoms. The van der Waals surface area contributed by atoms with Gasteiger partial charge >= 0.3 is 6.01 Å². The first-order valence-corrected chi connectivity index (χ1v) is 10.7. The summed E-state index contributed by atoms with van der Waals surface area (Å²) in [5.41, 5.74) is 3.57. The van der Waals surface area contributed by atoms with E-state index in [1.165, 1.54) is 12.3 Å². The van der Waals surface area contributed by atoms with Crippen LogP contribution in [0.5, 0.6) is 6.01 Å². The Kier molecular flexibility index (Phi) is 5.30. The first-order chi connectivity index (χ1) is 15.5. The van der Waals surface area contributed by atoms with E-state index in [4.69, 9.17) is 9.72 Å². The summed E-state index contributed by atoms with van der Waals surface area (Å²) in [7, 11) is 2.12. The van der Waals surface area contributed by atoms with Crippen molar-refractivity contribution >= 4 is 11.2 Å². The number of hydrogen-bond donors (Lipinski definition) is 0. The summed E-state index contributed by atoms with van der Waals surface area (Å²) in [5, 5.41) is 4.60. The Balaban J connectivity index is 1.59. The first kappa shape index (κ1) is 20.5. The molecule has 0 saturated carbocycles. The number of imidazole rings is 1. The predicted molar refractivity (Wildman–Crippen MR) is 117 cm³/mol. The summed E-state index contributed by atoms with van der Waals surface area (Å²) < 4.78 is 23.5. The summed E-state index contributed by atoms with van der Waals surface area (Å²) >= 11 is 0. The van der Waals surface area contributed by atoms with E-state index in [0.717, 1.165) is 25.1 Å². The average Bonchev–Trinajstić information content (AvgIpc) is 3.48. The predicted octanol–water partition coefficient (Wildman–Crippen LogP) is 2.86. The molecule has 0 bridgehead atoms. The van der Waals surface area contributed by atoms with Gasteiger partial charge in [-0.3, -0.25) is 9.67 Å². The maximum absolute atomic E-state index is 14.0. The van der Waals surface area contributed by atoms with Gasteiger partial charge in [0, 0.05) is 30.1 Å². The van der Waals surface area contributed by atoms with Crippen LogP contribution in [-0.2, 0) is 6.54 Å². The minimum atomic E-state index is -0.419. The molecule has 0 N–H and O–H groups in total. The molecule has 5 rings (SSSR count). The van der Waals surface area contributed by atoms with Gasteiger partial charge in [-0.1, -0.05) is 0 Å². The lowest BCUT2D eigenvalue weighted by Crippen LogP contribution is -2.16. The maximum atomic E-state index is 14.0. The smallest absolute Gasteiger partial charge is 0.318 e. The molecule has 0 amide bonds. The van der Waals surface area contributed by atoms with Gasteiger partial charge in [-0.2, -0.15) is 15.1 Å². The Morgan fingerprint density at radius 1 is 1.19 bits per heavy atom. The van der Waals surface area contributed by atoms with E-state index in [1.807, 2.05) is 29.3 Å². The van der Waals surface area contributed by atoms with Crippen molar-refractivity contribution in [2.45, 2.75) is 32.9 Å². The van der Waals surface area contributed by atoms with Crippen molar-refractivity contribution in [3.63, 3.8) is 0 Å². The molecule has 1 aliphatic heterocycles. The van der Waals surface area contributed by atoms with Gasteiger partial charge in [0.1, 0.15) is 17.2 Å². The molecule has 4 aromatic heterocycles. The number of aryl methyl sites for hydroxylation is 1. The Labute approximate surface area is 184 Å². The SMILES string of the molecule is CCOc1nc(C)c2nc(-c3cncc(F)c3)n(Cc3cnn(C4CCN(C)C4)c3)c2n1. The first-order valence-electron chi connectivity index (χ1n) is 10.7. The standard InChI is InChI=1S/C22H25FN8O/c1-4-32-22-26-14(2)19-21(28-22)30(20(27-19)16-7-17(23)10-24-9-16)11-15-8-25-31(12-15)18-5-6-29(3)13-18/h7-10,12,18H,4-6,11,13H2,1-3H3. The van der Waals surface area contributed by atoms with Gasteiger partial charge in [0.2, 0.25) is 0 Å². The van der Waals surface area contributed by atoms with Gasteiger partial charge in [0.25, 0.3) is 0 Å². The molecule has 0 aromatic carbocycles. The third-order valence-electron chi connectivity index (χ3n) is 5.72. The third-order valence-corrected chi connectivity index (χ3v) is 5.72. The fraction of sp³-hybridized carbons (Fsp3) is 0.409. The lowest BCUT2D eigenvalue weighted by molar-refractivity contribution is 0.313. The van der Waals surface area contributed by atoms with Crippen LogP contribution >= 0.6 is 0 Å². The molecule has 9 nitrogen and oxygen atoms in total. The number of aromatic nitrogens is 7. The summed E-state index contributed by atoms with van der Waals surface area (Å²) in [4.78, 5) is 20.1. The fourth-order valence-electron chi connectivity index (χ4n) is 4.18. The van der Waals surface area contributed by atoms with Crippen molar-refractivity contribution in [2.24, 2.45) is 0 Å². The average molecular weight is 436 g/mol. The van der Waals surface area contributed by atoms with Gasteiger partial charge in [-0.05, 0) is 39.9 Å². The van der Waals surface area contributed by atoms with Crippen molar-refractivity contribution in [3.05, 3.63) is 47.9 Å². The maximum Gasteiger partial charge on any atom is 0.318 e. The minimum Gasteiger partial charge on any atom is -0.464 e. The molecule has 1 atom stereocenters. The number of hydrogen-bond acceptors (Lipinski definition) is 7. The summed E-state index contributed by atoms with van der Waals surface area (Å²) in [6.07, 6.45) is 7.80. The van der Waals surface area contributed by atoms with E-state index in [2.05, 4.69) is 38.2 Å². The van der Waals surface area contributed by atoms with Crippen LogP contribution in [0.2, 0.25) is 0 Å². The molecule has 1 fully saturated rings. The zero-order valence-electron chi connectivity index (χ0n) is 18.4. The fourth-order valence-corrected chi connectivity index (χ4v) is 4.18. The quantitative estimate of drug-likeness (QED) is 0.459. The highest BCUT2D eigenvalue weighted by atomic mass is 19.1. The molecule has 0 aliphatic carbocycles. The number of likely N-dealkylation sites (tertiary alicyclic amines) is 1. The molecular formula is C22H25FN8O. The highest BCUT2D eigenvalue weighted by Gasteiger charge is 2.23. The lowest BCUT2D eigenvalue weighted by atomic mass is 10.2. The normalized spacial score (nSPS) is 16.8. The van der Waals surface area contributed by atoms with Crippen LogP contribution in [0.4, 0.5) is 4.39 Å². The summed E-state index contributed by atoms with van der Waals surface area (Å²) in [6, 6.07) is 2.09.